The maximum atomic E-state index is 12.6. The van der Waals surface area contributed by atoms with Crippen LogP contribution in [0.25, 0.3) is 10.8 Å². The number of amides is 1. The van der Waals surface area contributed by atoms with Crippen LogP contribution in [0, 0.1) is 5.92 Å². The van der Waals surface area contributed by atoms with E-state index in [1.807, 2.05) is 53.4 Å². The fourth-order valence-electron chi connectivity index (χ4n) is 3.55. The Kier molecular flexibility index (Phi) is 5.37. The zero-order valence-electron chi connectivity index (χ0n) is 15.7. The molecule has 28 heavy (non-hydrogen) atoms. The van der Waals surface area contributed by atoms with Gasteiger partial charge in [0.05, 0.1) is 18.2 Å². The van der Waals surface area contributed by atoms with Gasteiger partial charge in [0.1, 0.15) is 12.3 Å². The van der Waals surface area contributed by atoms with Crippen molar-refractivity contribution in [2.75, 3.05) is 19.7 Å². The second kappa shape index (κ2) is 8.25. The number of fused-ring (bicyclic) bond motifs is 1. The molecule has 0 N–H and O–H groups in total. The molecule has 2 aromatic carbocycles. The van der Waals surface area contributed by atoms with Crippen LogP contribution >= 0.6 is 0 Å². The molecule has 0 saturated carbocycles. The van der Waals surface area contributed by atoms with Crippen LogP contribution in [0.4, 0.5) is 0 Å². The highest BCUT2D eigenvalue weighted by Gasteiger charge is 2.24. The van der Waals surface area contributed by atoms with Crippen LogP contribution in [0.2, 0.25) is 0 Å². The molecule has 0 spiro atoms. The van der Waals surface area contributed by atoms with Crippen LogP contribution in [-0.2, 0) is 11.3 Å². The normalized spacial score (nSPS) is 14.9. The Labute approximate surface area is 163 Å². The summed E-state index contributed by atoms with van der Waals surface area (Å²) in [4.78, 5) is 27.0. The maximum absolute atomic E-state index is 12.6. The topological polar surface area (TPSA) is 64.4 Å². The van der Waals surface area contributed by atoms with Crippen LogP contribution in [-0.4, -0.2) is 40.3 Å². The number of hydrogen-bond donors (Lipinski definition) is 0. The highest BCUT2D eigenvalue weighted by molar-refractivity contribution is 5.81. The van der Waals surface area contributed by atoms with Crippen molar-refractivity contribution in [3.63, 3.8) is 0 Å². The molecular formula is C22H23N3O3. The van der Waals surface area contributed by atoms with Crippen LogP contribution in [0.15, 0.2) is 65.6 Å². The minimum Gasteiger partial charge on any atom is -0.493 e. The molecule has 144 valence electrons. The molecule has 1 aliphatic heterocycles. The van der Waals surface area contributed by atoms with Crippen LogP contribution in [0.1, 0.15) is 12.8 Å². The number of nitrogens with zero attached hydrogens (tertiary/aromatic N) is 3. The fourth-order valence-corrected chi connectivity index (χ4v) is 3.55. The van der Waals surface area contributed by atoms with Crippen LogP contribution in [0.5, 0.6) is 5.75 Å². The average Bonchev–Trinajstić information content (AvgIpc) is 2.75. The summed E-state index contributed by atoms with van der Waals surface area (Å²) in [5.74, 6) is 1.25. The summed E-state index contributed by atoms with van der Waals surface area (Å²) in [5, 5.41) is 5.53. The fraction of sp³-hybridized carbons (Fsp3) is 0.318. The van der Waals surface area contributed by atoms with Crippen molar-refractivity contribution in [1.82, 2.24) is 14.7 Å². The Morgan fingerprint density at radius 2 is 1.75 bits per heavy atom. The van der Waals surface area contributed by atoms with E-state index in [9.17, 15) is 9.59 Å². The van der Waals surface area contributed by atoms with Gasteiger partial charge >= 0.3 is 0 Å². The van der Waals surface area contributed by atoms with Gasteiger partial charge in [-0.05, 0) is 37.0 Å². The second-order valence-electron chi connectivity index (χ2n) is 7.14. The average molecular weight is 377 g/mol. The van der Waals surface area contributed by atoms with Gasteiger partial charge in [0.25, 0.3) is 5.56 Å². The summed E-state index contributed by atoms with van der Waals surface area (Å²) in [6, 6.07) is 17.1. The van der Waals surface area contributed by atoms with Gasteiger partial charge in [0.15, 0.2) is 0 Å². The highest BCUT2D eigenvalue weighted by Crippen LogP contribution is 2.19. The van der Waals surface area contributed by atoms with E-state index in [0.29, 0.717) is 31.0 Å². The molecule has 6 heteroatoms. The third-order valence-electron chi connectivity index (χ3n) is 5.24. The minimum absolute atomic E-state index is 0.0190. The van der Waals surface area contributed by atoms with E-state index in [2.05, 4.69) is 5.10 Å². The van der Waals surface area contributed by atoms with Crippen LogP contribution in [0.3, 0.4) is 0 Å². The Morgan fingerprint density at radius 1 is 1.04 bits per heavy atom. The van der Waals surface area contributed by atoms with Crippen molar-refractivity contribution in [2.24, 2.45) is 5.92 Å². The van der Waals surface area contributed by atoms with Gasteiger partial charge in [0.2, 0.25) is 5.91 Å². The Morgan fingerprint density at radius 3 is 2.54 bits per heavy atom. The van der Waals surface area contributed by atoms with Crippen molar-refractivity contribution in [3.8, 4) is 5.75 Å². The van der Waals surface area contributed by atoms with E-state index in [0.717, 1.165) is 24.0 Å². The Hall–Kier alpha value is -3.15. The first kappa shape index (κ1) is 18.2. The molecule has 4 rings (SSSR count). The van der Waals surface area contributed by atoms with Crippen molar-refractivity contribution < 1.29 is 9.53 Å². The molecule has 1 aromatic heterocycles. The highest BCUT2D eigenvalue weighted by atomic mass is 16.5. The number of piperidine rings is 1. The summed E-state index contributed by atoms with van der Waals surface area (Å²) in [7, 11) is 0. The van der Waals surface area contributed by atoms with Gasteiger partial charge in [-0.25, -0.2) is 4.68 Å². The van der Waals surface area contributed by atoms with Crippen LogP contribution < -0.4 is 10.3 Å². The lowest BCUT2D eigenvalue weighted by atomic mass is 9.98. The maximum Gasteiger partial charge on any atom is 0.275 e. The number of para-hydroxylation sites is 1. The molecule has 3 aromatic rings. The van der Waals surface area contributed by atoms with E-state index >= 15 is 0 Å². The van der Waals surface area contributed by atoms with Gasteiger partial charge in [-0.3, -0.25) is 9.59 Å². The predicted molar refractivity (Wildman–Crippen MR) is 107 cm³/mol. The summed E-state index contributed by atoms with van der Waals surface area (Å²) in [6.45, 7) is 2.01. The van der Waals surface area contributed by atoms with Gasteiger partial charge < -0.3 is 9.64 Å². The summed E-state index contributed by atoms with van der Waals surface area (Å²) in [5.41, 5.74) is -0.224. The lowest BCUT2D eigenvalue weighted by Crippen LogP contribution is -2.42. The number of likely N-dealkylation sites (tertiary alicyclic amines) is 1. The third-order valence-corrected chi connectivity index (χ3v) is 5.24. The van der Waals surface area contributed by atoms with Gasteiger partial charge in [-0.2, -0.15) is 5.10 Å². The molecule has 0 radical (unpaired) electrons. The molecule has 0 aliphatic carbocycles. The molecule has 1 aliphatic rings. The molecule has 0 unspecified atom stereocenters. The SMILES string of the molecule is O=C(Cn1ncc2ccccc2c1=O)N1CCC(COc2ccccc2)CC1. The van der Waals surface area contributed by atoms with Gasteiger partial charge in [-0.1, -0.05) is 36.4 Å². The quantitative estimate of drug-likeness (QED) is 0.686. The number of carbonyl (C=O) groups is 1. The van der Waals surface area contributed by atoms with Crippen molar-refractivity contribution >= 4 is 16.7 Å². The first-order chi connectivity index (χ1) is 13.7. The lowest BCUT2D eigenvalue weighted by molar-refractivity contribution is -0.133. The molecule has 6 nitrogen and oxygen atoms in total. The monoisotopic (exact) mass is 377 g/mol. The van der Waals surface area contributed by atoms with E-state index in [1.165, 1.54) is 4.68 Å². The zero-order chi connectivity index (χ0) is 19.3. The molecule has 1 amide bonds. The second-order valence-corrected chi connectivity index (χ2v) is 7.14. The standard InChI is InChI=1S/C22H23N3O3/c26-21(15-25-22(27)20-9-5-4-6-18(20)14-23-25)24-12-10-17(11-13-24)16-28-19-7-2-1-3-8-19/h1-9,14,17H,10-13,15-16H2. The van der Waals surface area contributed by atoms with Gasteiger partial charge in [-0.15, -0.1) is 0 Å². The number of ether oxygens (including phenoxy) is 1. The molecule has 0 atom stereocenters. The Balaban J connectivity index is 1.32. The minimum atomic E-state index is -0.224. The Bertz CT molecular complexity index is 1010. The molecule has 0 bridgehead atoms. The van der Waals surface area contributed by atoms with Crippen molar-refractivity contribution in [2.45, 2.75) is 19.4 Å². The lowest BCUT2D eigenvalue weighted by Gasteiger charge is -2.32. The molecule has 2 heterocycles. The molecule has 1 fully saturated rings. The first-order valence-electron chi connectivity index (χ1n) is 9.61. The predicted octanol–water partition coefficient (Wildman–Crippen LogP) is 2.71. The summed E-state index contributed by atoms with van der Waals surface area (Å²) >= 11 is 0. The summed E-state index contributed by atoms with van der Waals surface area (Å²) in [6.07, 6.45) is 3.44. The van der Waals surface area contributed by atoms with E-state index in [4.69, 9.17) is 4.74 Å². The van der Waals surface area contributed by atoms with Crippen molar-refractivity contribution in [3.05, 3.63) is 71.1 Å². The first-order valence-corrected chi connectivity index (χ1v) is 9.61. The molecular weight excluding hydrogens is 354 g/mol. The number of aromatic nitrogens is 2. The number of carbonyl (C=O) groups excluding carboxylic acids is 1. The van der Waals surface area contributed by atoms with Gasteiger partial charge in [0, 0.05) is 18.5 Å². The number of hydrogen-bond acceptors (Lipinski definition) is 4. The van der Waals surface area contributed by atoms with E-state index in [1.54, 1.807) is 12.3 Å². The smallest absolute Gasteiger partial charge is 0.275 e. The largest absolute Gasteiger partial charge is 0.493 e. The van der Waals surface area contributed by atoms with E-state index in [-0.39, 0.29) is 18.0 Å². The summed E-state index contributed by atoms with van der Waals surface area (Å²) < 4.78 is 7.09. The zero-order valence-corrected chi connectivity index (χ0v) is 15.7. The molecule has 1 saturated heterocycles. The third kappa shape index (κ3) is 4.06. The van der Waals surface area contributed by atoms with Crippen molar-refractivity contribution in [1.29, 1.82) is 0 Å². The van der Waals surface area contributed by atoms with E-state index < -0.39 is 0 Å². The number of rotatable bonds is 5. The number of benzene rings is 2.